The first-order valence-corrected chi connectivity index (χ1v) is 9.49. The fourth-order valence-corrected chi connectivity index (χ4v) is 6.30. The zero-order valence-electron chi connectivity index (χ0n) is 12.4. The molecule has 2 aliphatic heterocycles. The molecule has 2 bridgehead atoms. The van der Waals surface area contributed by atoms with Crippen LogP contribution >= 0.6 is 0 Å². The Kier molecular flexibility index (Phi) is 3.91. The Morgan fingerprint density at radius 3 is 2.19 bits per heavy atom. The third-order valence-corrected chi connectivity index (χ3v) is 7.81. The summed E-state index contributed by atoms with van der Waals surface area (Å²) in [4.78, 5) is 12.6. The SMILES string of the molecule is CCc1ccc(C(=O)C2CC3CCCC(C2)S3(=O)=O)cc1. The maximum Gasteiger partial charge on any atom is 0.166 e. The van der Waals surface area contributed by atoms with Gasteiger partial charge in [-0.15, -0.1) is 0 Å². The van der Waals surface area contributed by atoms with Crippen LogP contribution in [-0.2, 0) is 16.3 Å². The van der Waals surface area contributed by atoms with Crippen LogP contribution in [0.1, 0.15) is 54.9 Å². The standard InChI is InChI=1S/C17H22O3S/c1-2-12-6-8-13(9-7-12)17(18)14-10-15-4-3-5-16(11-14)21(15,19)20/h6-9,14-16H,2-5,10-11H2,1H3. The van der Waals surface area contributed by atoms with Crippen LogP contribution in [0.15, 0.2) is 24.3 Å². The van der Waals surface area contributed by atoms with Crippen LogP contribution in [0.2, 0.25) is 0 Å². The van der Waals surface area contributed by atoms with E-state index in [9.17, 15) is 13.2 Å². The van der Waals surface area contributed by atoms with E-state index >= 15 is 0 Å². The van der Waals surface area contributed by atoms with Crippen molar-refractivity contribution in [2.45, 2.75) is 55.9 Å². The molecule has 0 radical (unpaired) electrons. The molecule has 0 saturated carbocycles. The van der Waals surface area contributed by atoms with E-state index < -0.39 is 9.84 Å². The third kappa shape index (κ3) is 2.66. The van der Waals surface area contributed by atoms with Crippen molar-refractivity contribution in [2.24, 2.45) is 5.92 Å². The topological polar surface area (TPSA) is 51.2 Å². The number of ketones is 1. The van der Waals surface area contributed by atoms with Crippen molar-refractivity contribution >= 4 is 15.6 Å². The van der Waals surface area contributed by atoms with E-state index in [0.29, 0.717) is 12.8 Å². The van der Waals surface area contributed by atoms with Crippen molar-refractivity contribution < 1.29 is 13.2 Å². The normalized spacial score (nSPS) is 30.8. The van der Waals surface area contributed by atoms with Gasteiger partial charge in [-0.3, -0.25) is 4.79 Å². The minimum Gasteiger partial charge on any atom is -0.294 e. The molecule has 3 nitrogen and oxygen atoms in total. The van der Waals surface area contributed by atoms with Crippen molar-refractivity contribution in [3.8, 4) is 0 Å². The molecule has 0 N–H and O–H groups in total. The number of hydrogen-bond donors (Lipinski definition) is 0. The first kappa shape index (κ1) is 14.8. The van der Waals surface area contributed by atoms with Crippen LogP contribution in [0.25, 0.3) is 0 Å². The van der Waals surface area contributed by atoms with Crippen LogP contribution in [0, 0.1) is 5.92 Å². The number of Topliss-reactive ketones (excluding diaryl/α,β-unsaturated/α-hetero) is 1. The zero-order chi connectivity index (χ0) is 15.0. The first-order chi connectivity index (χ1) is 10.0. The minimum absolute atomic E-state index is 0.115. The summed E-state index contributed by atoms with van der Waals surface area (Å²) >= 11 is 0. The Morgan fingerprint density at radius 1 is 1.10 bits per heavy atom. The van der Waals surface area contributed by atoms with Gasteiger partial charge in [0.15, 0.2) is 15.6 Å². The summed E-state index contributed by atoms with van der Waals surface area (Å²) in [6.45, 7) is 2.09. The fraction of sp³-hybridized carbons (Fsp3) is 0.588. The molecule has 2 saturated heterocycles. The van der Waals surface area contributed by atoms with Crippen molar-refractivity contribution in [1.29, 1.82) is 0 Å². The van der Waals surface area contributed by atoms with Gasteiger partial charge in [0.25, 0.3) is 0 Å². The largest absolute Gasteiger partial charge is 0.294 e. The van der Waals surface area contributed by atoms with Crippen molar-refractivity contribution in [3.63, 3.8) is 0 Å². The molecule has 2 fully saturated rings. The Hall–Kier alpha value is -1.16. The second-order valence-corrected chi connectivity index (χ2v) is 8.86. The summed E-state index contributed by atoms with van der Waals surface area (Å²) in [5.41, 5.74) is 1.95. The van der Waals surface area contributed by atoms with E-state index in [4.69, 9.17) is 0 Å². The van der Waals surface area contributed by atoms with Crippen LogP contribution in [-0.4, -0.2) is 24.7 Å². The van der Waals surface area contributed by atoms with E-state index in [1.165, 1.54) is 5.56 Å². The molecule has 0 spiro atoms. The molecule has 0 aromatic heterocycles. The van der Waals surface area contributed by atoms with Gasteiger partial charge in [-0.05, 0) is 37.7 Å². The smallest absolute Gasteiger partial charge is 0.166 e. The van der Waals surface area contributed by atoms with Gasteiger partial charge in [-0.2, -0.15) is 0 Å². The summed E-state index contributed by atoms with van der Waals surface area (Å²) in [7, 11) is -2.98. The summed E-state index contributed by atoms with van der Waals surface area (Å²) in [5.74, 6) is 0.0146. The minimum atomic E-state index is -2.98. The Balaban J connectivity index is 1.80. The predicted octanol–water partition coefficient (Wildman–Crippen LogP) is 3.18. The number of carbonyl (C=O) groups is 1. The molecule has 2 heterocycles. The predicted molar refractivity (Wildman–Crippen MR) is 83.2 cm³/mol. The number of carbonyl (C=O) groups excluding carboxylic acids is 1. The third-order valence-electron chi connectivity index (χ3n) is 5.09. The van der Waals surface area contributed by atoms with Crippen molar-refractivity contribution in [3.05, 3.63) is 35.4 Å². The van der Waals surface area contributed by atoms with Gasteiger partial charge in [-0.25, -0.2) is 8.42 Å². The Labute approximate surface area is 126 Å². The monoisotopic (exact) mass is 306 g/mol. The maximum absolute atomic E-state index is 12.6. The average Bonchev–Trinajstić information content (AvgIpc) is 2.45. The first-order valence-electron chi connectivity index (χ1n) is 7.88. The lowest BCUT2D eigenvalue weighted by Crippen LogP contribution is -2.45. The molecule has 2 atom stereocenters. The maximum atomic E-state index is 12.6. The molecule has 21 heavy (non-hydrogen) atoms. The lowest BCUT2D eigenvalue weighted by molar-refractivity contribution is 0.0894. The summed E-state index contributed by atoms with van der Waals surface area (Å²) in [6.07, 6.45) is 4.45. The Bertz CT molecular complexity index is 611. The second kappa shape index (κ2) is 5.56. The average molecular weight is 306 g/mol. The molecule has 0 aliphatic carbocycles. The number of aryl methyl sites for hydroxylation is 1. The molecule has 114 valence electrons. The number of rotatable bonds is 3. The van der Waals surface area contributed by atoms with Gasteiger partial charge in [0.1, 0.15) is 0 Å². The van der Waals surface area contributed by atoms with E-state index in [1.54, 1.807) is 0 Å². The number of benzene rings is 1. The van der Waals surface area contributed by atoms with Gasteiger partial charge in [-0.1, -0.05) is 37.6 Å². The zero-order valence-corrected chi connectivity index (χ0v) is 13.2. The van der Waals surface area contributed by atoms with Crippen molar-refractivity contribution in [2.75, 3.05) is 0 Å². The second-order valence-electron chi connectivity index (χ2n) is 6.35. The quantitative estimate of drug-likeness (QED) is 0.806. The molecule has 2 unspecified atom stereocenters. The fourth-order valence-electron chi connectivity index (χ4n) is 3.76. The van der Waals surface area contributed by atoms with Crippen LogP contribution in [0.4, 0.5) is 0 Å². The highest BCUT2D eigenvalue weighted by atomic mass is 32.2. The lowest BCUT2D eigenvalue weighted by atomic mass is 9.84. The van der Waals surface area contributed by atoms with E-state index in [2.05, 4.69) is 6.92 Å². The van der Waals surface area contributed by atoms with Gasteiger partial charge >= 0.3 is 0 Å². The summed E-state index contributed by atoms with van der Waals surface area (Å²) < 4.78 is 24.5. The number of sulfone groups is 1. The molecule has 1 aromatic rings. The molecule has 2 aliphatic rings. The Morgan fingerprint density at radius 2 is 1.67 bits per heavy atom. The molecule has 0 amide bonds. The molecule has 4 heteroatoms. The molecule has 1 aromatic carbocycles. The van der Waals surface area contributed by atoms with Crippen LogP contribution in [0.3, 0.4) is 0 Å². The highest BCUT2D eigenvalue weighted by Gasteiger charge is 2.45. The summed E-state index contributed by atoms with van der Waals surface area (Å²) in [5, 5.41) is -0.567. The molecular weight excluding hydrogens is 284 g/mol. The van der Waals surface area contributed by atoms with Gasteiger partial charge in [0, 0.05) is 11.5 Å². The number of fused-ring (bicyclic) bond motifs is 2. The van der Waals surface area contributed by atoms with Gasteiger partial charge in [0.2, 0.25) is 0 Å². The lowest BCUT2D eigenvalue weighted by Gasteiger charge is -2.38. The van der Waals surface area contributed by atoms with Crippen molar-refractivity contribution in [1.82, 2.24) is 0 Å². The molecular formula is C17H22O3S. The summed E-state index contributed by atoms with van der Waals surface area (Å²) in [6, 6.07) is 7.77. The van der Waals surface area contributed by atoms with Crippen LogP contribution in [0.5, 0.6) is 0 Å². The highest BCUT2D eigenvalue weighted by Crippen LogP contribution is 2.40. The van der Waals surface area contributed by atoms with Gasteiger partial charge in [0.05, 0.1) is 10.5 Å². The van der Waals surface area contributed by atoms with Gasteiger partial charge < -0.3 is 0 Å². The van der Waals surface area contributed by atoms with E-state index in [0.717, 1.165) is 31.2 Å². The highest BCUT2D eigenvalue weighted by molar-refractivity contribution is 7.92. The van der Waals surface area contributed by atoms with E-state index in [-0.39, 0.29) is 22.2 Å². The molecule has 3 rings (SSSR count). The number of hydrogen-bond acceptors (Lipinski definition) is 3. The van der Waals surface area contributed by atoms with E-state index in [1.807, 2.05) is 24.3 Å². The van der Waals surface area contributed by atoms with Crippen LogP contribution < -0.4 is 0 Å².